The number of rotatable bonds is 6. The highest BCUT2D eigenvalue weighted by Gasteiger charge is 2.26. The Morgan fingerprint density at radius 2 is 1.83 bits per heavy atom. The quantitative estimate of drug-likeness (QED) is 0.644. The standard InChI is InChI=1S/C19H21NO3S/c1-13(2)17(19(22)23-3)20-18(21)16(12-15-10-7-11-24-15)14-8-5-4-6-9-14/h4-13,17H,1-3H3,(H,20,21). The van der Waals surface area contributed by atoms with Crippen LogP contribution in [0.4, 0.5) is 0 Å². The van der Waals surface area contributed by atoms with E-state index in [4.69, 9.17) is 4.74 Å². The Bertz CT molecular complexity index is 705. The van der Waals surface area contributed by atoms with Crippen molar-refractivity contribution in [1.29, 1.82) is 0 Å². The highest BCUT2D eigenvalue weighted by atomic mass is 32.1. The van der Waals surface area contributed by atoms with E-state index < -0.39 is 12.0 Å². The minimum atomic E-state index is -0.682. The lowest BCUT2D eigenvalue weighted by Crippen LogP contribution is -2.45. The Morgan fingerprint density at radius 3 is 2.38 bits per heavy atom. The number of methoxy groups -OCH3 is 1. The number of hydrogen-bond donors (Lipinski definition) is 1. The van der Waals surface area contributed by atoms with Crippen LogP contribution in [0.1, 0.15) is 24.3 Å². The van der Waals surface area contributed by atoms with Crippen LogP contribution in [0.2, 0.25) is 0 Å². The summed E-state index contributed by atoms with van der Waals surface area (Å²) in [5.41, 5.74) is 1.32. The zero-order valence-electron chi connectivity index (χ0n) is 14.0. The van der Waals surface area contributed by atoms with Gasteiger partial charge in [0.1, 0.15) is 6.04 Å². The minimum Gasteiger partial charge on any atom is -0.467 e. The predicted molar refractivity (Wildman–Crippen MR) is 97.4 cm³/mol. The third kappa shape index (κ3) is 4.55. The monoisotopic (exact) mass is 343 g/mol. The Kier molecular flexibility index (Phi) is 6.32. The lowest BCUT2D eigenvalue weighted by atomic mass is 10.0. The van der Waals surface area contributed by atoms with Crippen molar-refractivity contribution in [2.75, 3.05) is 7.11 Å². The molecule has 0 aliphatic rings. The molecule has 1 heterocycles. The first-order valence-electron chi connectivity index (χ1n) is 7.72. The van der Waals surface area contributed by atoms with E-state index in [1.165, 1.54) is 7.11 Å². The number of esters is 1. The fourth-order valence-corrected chi connectivity index (χ4v) is 2.91. The summed E-state index contributed by atoms with van der Waals surface area (Å²) in [7, 11) is 1.32. The Labute approximate surface area is 146 Å². The molecule has 2 rings (SSSR count). The molecule has 1 amide bonds. The second-order valence-electron chi connectivity index (χ2n) is 5.66. The molecule has 5 heteroatoms. The van der Waals surface area contributed by atoms with E-state index in [0.717, 1.165) is 10.4 Å². The topological polar surface area (TPSA) is 55.4 Å². The molecule has 2 aromatic rings. The fraction of sp³-hybridized carbons (Fsp3) is 0.263. The number of benzene rings is 1. The van der Waals surface area contributed by atoms with E-state index in [-0.39, 0.29) is 11.8 Å². The van der Waals surface area contributed by atoms with Gasteiger partial charge in [0.05, 0.1) is 7.11 Å². The summed E-state index contributed by atoms with van der Waals surface area (Å²) >= 11 is 1.55. The number of thiophene rings is 1. The first-order chi connectivity index (χ1) is 11.5. The van der Waals surface area contributed by atoms with Crippen molar-refractivity contribution in [3.63, 3.8) is 0 Å². The highest BCUT2D eigenvalue weighted by Crippen LogP contribution is 2.21. The highest BCUT2D eigenvalue weighted by molar-refractivity contribution is 7.11. The number of nitrogens with one attached hydrogen (secondary N) is 1. The van der Waals surface area contributed by atoms with Crippen LogP contribution < -0.4 is 5.32 Å². The van der Waals surface area contributed by atoms with E-state index in [0.29, 0.717) is 5.57 Å². The maximum absolute atomic E-state index is 12.8. The van der Waals surface area contributed by atoms with Crippen LogP contribution in [-0.4, -0.2) is 25.0 Å². The molecule has 0 aliphatic carbocycles. The van der Waals surface area contributed by atoms with Crippen molar-refractivity contribution in [2.24, 2.45) is 5.92 Å². The van der Waals surface area contributed by atoms with Crippen LogP contribution in [0.3, 0.4) is 0 Å². The zero-order valence-corrected chi connectivity index (χ0v) is 14.8. The van der Waals surface area contributed by atoms with Gasteiger partial charge in [-0.2, -0.15) is 0 Å². The molecule has 4 nitrogen and oxygen atoms in total. The van der Waals surface area contributed by atoms with E-state index in [1.807, 2.05) is 67.8 Å². The molecule has 1 atom stereocenters. The molecule has 24 heavy (non-hydrogen) atoms. The van der Waals surface area contributed by atoms with Gasteiger partial charge < -0.3 is 10.1 Å². The number of hydrogen-bond acceptors (Lipinski definition) is 4. The van der Waals surface area contributed by atoms with Gasteiger partial charge >= 0.3 is 5.97 Å². The van der Waals surface area contributed by atoms with Crippen molar-refractivity contribution in [2.45, 2.75) is 19.9 Å². The van der Waals surface area contributed by atoms with Crippen molar-refractivity contribution in [1.82, 2.24) is 5.32 Å². The van der Waals surface area contributed by atoms with E-state index in [2.05, 4.69) is 5.32 Å². The van der Waals surface area contributed by atoms with E-state index >= 15 is 0 Å². The van der Waals surface area contributed by atoms with Gasteiger partial charge in [-0.05, 0) is 29.0 Å². The number of carbonyl (C=O) groups is 2. The van der Waals surface area contributed by atoms with Gasteiger partial charge in [-0.1, -0.05) is 50.2 Å². The molecule has 1 unspecified atom stereocenters. The van der Waals surface area contributed by atoms with Crippen LogP contribution >= 0.6 is 11.3 Å². The molecule has 0 saturated heterocycles. The van der Waals surface area contributed by atoms with Crippen LogP contribution in [-0.2, 0) is 14.3 Å². The normalized spacial score (nSPS) is 12.8. The number of amides is 1. The first-order valence-corrected chi connectivity index (χ1v) is 8.60. The third-order valence-electron chi connectivity index (χ3n) is 3.57. The Morgan fingerprint density at radius 1 is 1.12 bits per heavy atom. The summed E-state index contributed by atoms with van der Waals surface area (Å²) in [6, 6.07) is 12.6. The summed E-state index contributed by atoms with van der Waals surface area (Å²) in [6.45, 7) is 3.74. The van der Waals surface area contributed by atoms with Crippen molar-refractivity contribution < 1.29 is 14.3 Å². The van der Waals surface area contributed by atoms with Gasteiger partial charge in [0, 0.05) is 10.5 Å². The third-order valence-corrected chi connectivity index (χ3v) is 4.39. The Balaban J connectivity index is 2.33. The maximum Gasteiger partial charge on any atom is 0.328 e. The maximum atomic E-state index is 12.8. The molecular formula is C19H21NO3S. The SMILES string of the molecule is COC(=O)C(NC(=O)C(=Cc1cccs1)c1ccccc1)C(C)C. The lowest BCUT2D eigenvalue weighted by molar-refractivity contribution is -0.145. The molecule has 0 spiro atoms. The second kappa shape index (κ2) is 8.45. The summed E-state index contributed by atoms with van der Waals surface area (Å²) in [4.78, 5) is 25.7. The van der Waals surface area contributed by atoms with Crippen LogP contribution in [0.25, 0.3) is 11.6 Å². The van der Waals surface area contributed by atoms with Gasteiger partial charge in [0.25, 0.3) is 5.91 Å². The van der Waals surface area contributed by atoms with Crippen LogP contribution in [0, 0.1) is 5.92 Å². The fourth-order valence-electron chi connectivity index (χ4n) is 2.26. The largest absolute Gasteiger partial charge is 0.467 e. The van der Waals surface area contributed by atoms with Gasteiger partial charge in [-0.3, -0.25) is 4.79 Å². The summed E-state index contributed by atoms with van der Waals surface area (Å²) < 4.78 is 4.79. The van der Waals surface area contributed by atoms with Gasteiger partial charge in [0.15, 0.2) is 0 Å². The minimum absolute atomic E-state index is 0.0693. The Hall–Kier alpha value is -2.40. The molecule has 126 valence electrons. The van der Waals surface area contributed by atoms with Gasteiger partial charge in [0.2, 0.25) is 0 Å². The van der Waals surface area contributed by atoms with E-state index in [9.17, 15) is 9.59 Å². The first kappa shape index (κ1) is 17.9. The number of carbonyl (C=O) groups excluding carboxylic acids is 2. The lowest BCUT2D eigenvalue weighted by Gasteiger charge is -2.20. The van der Waals surface area contributed by atoms with Crippen molar-refractivity contribution in [3.8, 4) is 0 Å². The van der Waals surface area contributed by atoms with Crippen molar-refractivity contribution >= 4 is 34.9 Å². The summed E-state index contributed by atoms with van der Waals surface area (Å²) in [5, 5.41) is 4.76. The average molecular weight is 343 g/mol. The molecule has 0 bridgehead atoms. The smallest absolute Gasteiger partial charge is 0.328 e. The molecule has 0 aliphatic heterocycles. The molecular weight excluding hydrogens is 322 g/mol. The van der Waals surface area contributed by atoms with Crippen LogP contribution in [0.15, 0.2) is 47.8 Å². The zero-order chi connectivity index (χ0) is 17.5. The van der Waals surface area contributed by atoms with Crippen LogP contribution in [0.5, 0.6) is 0 Å². The average Bonchev–Trinajstić information content (AvgIpc) is 3.10. The predicted octanol–water partition coefficient (Wildman–Crippen LogP) is 3.60. The van der Waals surface area contributed by atoms with E-state index in [1.54, 1.807) is 11.3 Å². The molecule has 1 aromatic carbocycles. The molecule has 0 saturated carbocycles. The number of ether oxygens (including phenoxy) is 1. The summed E-state index contributed by atoms with van der Waals surface area (Å²) in [5.74, 6) is -0.805. The molecule has 0 fully saturated rings. The van der Waals surface area contributed by atoms with Crippen molar-refractivity contribution in [3.05, 3.63) is 58.3 Å². The van der Waals surface area contributed by atoms with Gasteiger partial charge in [-0.15, -0.1) is 11.3 Å². The summed E-state index contributed by atoms with van der Waals surface area (Å²) in [6.07, 6.45) is 1.84. The second-order valence-corrected chi connectivity index (χ2v) is 6.64. The van der Waals surface area contributed by atoms with Gasteiger partial charge in [-0.25, -0.2) is 4.79 Å². The molecule has 1 aromatic heterocycles. The molecule has 0 radical (unpaired) electrons. The molecule has 1 N–H and O–H groups in total.